The molecule has 10 heteroatoms. The van der Waals surface area contributed by atoms with Crippen molar-refractivity contribution in [2.45, 2.75) is 38.0 Å². The minimum Gasteiger partial charge on any atom is -0.476 e. The minimum absolute atomic E-state index is 0.00270. The van der Waals surface area contributed by atoms with Gasteiger partial charge in [0.15, 0.2) is 5.78 Å². The van der Waals surface area contributed by atoms with Crippen LogP contribution in [0.5, 0.6) is 5.88 Å². The quantitative estimate of drug-likeness (QED) is 0.663. The van der Waals surface area contributed by atoms with Crippen LogP contribution in [0.15, 0.2) is 41.3 Å². The van der Waals surface area contributed by atoms with Crippen LogP contribution in [0.1, 0.15) is 24.8 Å². The molecule has 1 saturated carbocycles. The molecule has 1 aromatic heterocycles. The molecule has 156 valence electrons. The average molecular weight is 429 g/mol. The zero-order valence-corrected chi connectivity index (χ0v) is 16.1. The van der Waals surface area contributed by atoms with Gasteiger partial charge >= 0.3 is 6.18 Å². The number of carbonyl (C=O) groups excluding carboxylic acids is 1. The summed E-state index contributed by atoms with van der Waals surface area (Å²) in [6, 6.07) is 1.11. The van der Waals surface area contributed by atoms with Gasteiger partial charge in [-0.2, -0.15) is 13.2 Å². The first-order chi connectivity index (χ1) is 13.7. The van der Waals surface area contributed by atoms with E-state index in [-0.39, 0.29) is 22.6 Å². The number of carbonyl (C=O) groups is 1. The molecule has 1 fully saturated rings. The second-order valence-corrected chi connectivity index (χ2v) is 7.22. The Hall–Kier alpha value is -2.39. The van der Waals surface area contributed by atoms with Crippen LogP contribution in [0.25, 0.3) is 0 Å². The third-order valence-corrected chi connectivity index (χ3v) is 4.63. The van der Waals surface area contributed by atoms with Gasteiger partial charge < -0.3 is 15.8 Å². The van der Waals surface area contributed by atoms with Crippen LogP contribution in [-0.2, 0) is 11.3 Å². The summed E-state index contributed by atoms with van der Waals surface area (Å²) in [7, 11) is 0. The Balaban J connectivity index is 1.59. The molecule has 1 unspecified atom stereocenters. The van der Waals surface area contributed by atoms with Crippen molar-refractivity contribution in [3.05, 3.63) is 46.9 Å². The topological polar surface area (TPSA) is 89.6 Å². The van der Waals surface area contributed by atoms with Crippen molar-refractivity contribution in [2.24, 2.45) is 16.6 Å². The van der Waals surface area contributed by atoms with Gasteiger partial charge in [-0.15, -0.1) is 0 Å². The Morgan fingerprint density at radius 1 is 1.41 bits per heavy atom. The number of rotatable bonds is 8. The summed E-state index contributed by atoms with van der Waals surface area (Å²) in [5.41, 5.74) is 7.73. The van der Waals surface area contributed by atoms with Crippen LogP contribution in [0.4, 0.5) is 13.2 Å². The van der Waals surface area contributed by atoms with E-state index in [2.05, 4.69) is 15.3 Å². The molecule has 2 heterocycles. The SMILES string of the molecule is NC1C=CN=C(C(=O)C2CC2)/C1=C/NCc1cnc(OCCC(F)(F)F)c(Cl)c1. The van der Waals surface area contributed by atoms with Gasteiger partial charge in [0, 0.05) is 36.6 Å². The second-order valence-electron chi connectivity index (χ2n) is 6.81. The zero-order chi connectivity index (χ0) is 21.0. The van der Waals surface area contributed by atoms with Crippen LogP contribution >= 0.6 is 11.6 Å². The fourth-order valence-corrected chi connectivity index (χ4v) is 2.91. The lowest BCUT2D eigenvalue weighted by molar-refractivity contribution is -0.139. The number of hydrogen-bond donors (Lipinski definition) is 2. The predicted molar refractivity (Wildman–Crippen MR) is 103 cm³/mol. The van der Waals surface area contributed by atoms with E-state index in [4.69, 9.17) is 22.1 Å². The van der Waals surface area contributed by atoms with E-state index in [0.717, 1.165) is 12.8 Å². The number of nitrogens with zero attached hydrogens (tertiary/aromatic N) is 2. The lowest BCUT2D eigenvalue weighted by Crippen LogP contribution is -2.33. The zero-order valence-electron chi connectivity index (χ0n) is 15.4. The number of ether oxygens (including phenoxy) is 1. The first-order valence-electron chi connectivity index (χ1n) is 9.06. The highest BCUT2D eigenvalue weighted by Crippen LogP contribution is 2.32. The maximum absolute atomic E-state index is 12.4. The molecule has 0 aromatic carbocycles. The maximum atomic E-state index is 12.4. The summed E-state index contributed by atoms with van der Waals surface area (Å²) in [4.78, 5) is 20.5. The van der Waals surface area contributed by atoms with Crippen molar-refractivity contribution >= 4 is 23.1 Å². The molecule has 0 spiro atoms. The van der Waals surface area contributed by atoms with Crippen LogP contribution in [0.3, 0.4) is 0 Å². The second kappa shape index (κ2) is 8.96. The van der Waals surface area contributed by atoms with Gasteiger partial charge in [0.2, 0.25) is 5.88 Å². The minimum atomic E-state index is -4.30. The van der Waals surface area contributed by atoms with E-state index >= 15 is 0 Å². The number of nitrogens with one attached hydrogen (secondary N) is 1. The van der Waals surface area contributed by atoms with E-state index in [9.17, 15) is 18.0 Å². The van der Waals surface area contributed by atoms with E-state index in [1.54, 1.807) is 24.5 Å². The molecule has 0 radical (unpaired) electrons. The lowest BCUT2D eigenvalue weighted by Gasteiger charge is -2.18. The Morgan fingerprint density at radius 2 is 2.17 bits per heavy atom. The smallest absolute Gasteiger partial charge is 0.392 e. The summed E-state index contributed by atoms with van der Waals surface area (Å²) in [5, 5.41) is 3.17. The van der Waals surface area contributed by atoms with E-state index in [0.29, 0.717) is 23.4 Å². The van der Waals surface area contributed by atoms with Gasteiger partial charge in [-0.3, -0.25) is 9.79 Å². The van der Waals surface area contributed by atoms with Gasteiger partial charge in [0.25, 0.3) is 0 Å². The van der Waals surface area contributed by atoms with Crippen molar-refractivity contribution < 1.29 is 22.7 Å². The van der Waals surface area contributed by atoms with E-state index < -0.39 is 25.2 Å². The van der Waals surface area contributed by atoms with Crippen LogP contribution in [0.2, 0.25) is 5.02 Å². The lowest BCUT2D eigenvalue weighted by atomic mass is 9.96. The number of ketones is 1. The number of aromatic nitrogens is 1. The van der Waals surface area contributed by atoms with E-state index in [1.807, 2.05) is 0 Å². The third-order valence-electron chi connectivity index (χ3n) is 4.36. The van der Waals surface area contributed by atoms with Crippen molar-refractivity contribution in [3.8, 4) is 5.88 Å². The molecule has 1 aliphatic carbocycles. The molecular weight excluding hydrogens is 409 g/mol. The highest BCUT2D eigenvalue weighted by molar-refractivity contribution is 6.47. The van der Waals surface area contributed by atoms with Gasteiger partial charge in [0.1, 0.15) is 10.7 Å². The Labute approximate surface area is 170 Å². The number of pyridine rings is 1. The van der Waals surface area contributed by atoms with Gasteiger partial charge in [0.05, 0.1) is 19.1 Å². The summed E-state index contributed by atoms with van der Waals surface area (Å²) >= 11 is 6.03. The Kier molecular flexibility index (Phi) is 6.59. The summed E-state index contributed by atoms with van der Waals surface area (Å²) in [6.07, 6.45) is 2.70. The first kappa shape index (κ1) is 21.3. The van der Waals surface area contributed by atoms with Crippen LogP contribution in [0, 0.1) is 5.92 Å². The van der Waals surface area contributed by atoms with Crippen molar-refractivity contribution in [3.63, 3.8) is 0 Å². The molecule has 0 amide bonds. The predicted octanol–water partition coefficient (Wildman–Crippen LogP) is 3.31. The van der Waals surface area contributed by atoms with Gasteiger partial charge in [-0.05, 0) is 30.5 Å². The molecule has 1 atom stereocenters. The number of alkyl halides is 3. The standard InChI is InChI=1S/C19H20ClF3N4O2/c20-14-7-11(9-27-18(14)29-6-4-19(21,22)23)8-25-10-13-15(24)3-5-26-16(13)17(28)12-1-2-12/h3,5,7,9-10,12,15,25H,1-2,4,6,8,24H2/b13-10+. The van der Waals surface area contributed by atoms with Crippen molar-refractivity contribution in [2.75, 3.05) is 6.61 Å². The Bertz CT molecular complexity index is 864. The monoisotopic (exact) mass is 428 g/mol. The van der Waals surface area contributed by atoms with Crippen molar-refractivity contribution in [1.82, 2.24) is 10.3 Å². The summed E-state index contributed by atoms with van der Waals surface area (Å²) in [6.45, 7) is -0.233. The number of aliphatic imine (C=N–C) groups is 1. The van der Waals surface area contributed by atoms with Gasteiger partial charge in [-0.1, -0.05) is 11.6 Å². The third kappa shape index (κ3) is 6.04. The molecule has 1 aromatic rings. The normalized spacial score (nSPS) is 20.5. The highest BCUT2D eigenvalue weighted by atomic mass is 35.5. The number of Topliss-reactive ketones (excluding diaryl/α,β-unsaturated/α-hetero) is 1. The number of halogens is 4. The summed E-state index contributed by atoms with van der Waals surface area (Å²) in [5.74, 6) is -0.0198. The summed E-state index contributed by atoms with van der Waals surface area (Å²) < 4.78 is 41.5. The van der Waals surface area contributed by atoms with Crippen LogP contribution in [-0.4, -0.2) is 35.3 Å². The maximum Gasteiger partial charge on any atom is 0.392 e. The van der Waals surface area contributed by atoms with Gasteiger partial charge in [-0.25, -0.2) is 4.98 Å². The van der Waals surface area contributed by atoms with Crippen molar-refractivity contribution in [1.29, 1.82) is 0 Å². The molecule has 3 N–H and O–H groups in total. The molecule has 29 heavy (non-hydrogen) atoms. The largest absolute Gasteiger partial charge is 0.476 e. The molecule has 0 bridgehead atoms. The van der Waals surface area contributed by atoms with E-state index in [1.165, 1.54) is 6.20 Å². The molecule has 6 nitrogen and oxygen atoms in total. The fourth-order valence-electron chi connectivity index (χ4n) is 2.67. The fraction of sp³-hybridized carbons (Fsp3) is 0.421. The molecule has 1 aliphatic heterocycles. The number of nitrogens with two attached hydrogens (primary N) is 1. The molecular formula is C19H20ClF3N4O2. The molecule has 0 saturated heterocycles. The Morgan fingerprint density at radius 3 is 2.83 bits per heavy atom. The molecule has 2 aliphatic rings. The average Bonchev–Trinajstić information content (AvgIpc) is 3.48. The molecule has 3 rings (SSSR count). The first-order valence-corrected chi connectivity index (χ1v) is 9.44. The highest BCUT2D eigenvalue weighted by Gasteiger charge is 2.35. The number of hydrogen-bond acceptors (Lipinski definition) is 6. The van der Waals surface area contributed by atoms with Crippen LogP contribution < -0.4 is 15.8 Å².